The number of rotatable bonds is 4. The molecule has 1 aromatic rings. The largest absolute Gasteiger partial charge is 0.348 e. The average Bonchev–Trinajstić information content (AvgIpc) is 2.33. The predicted molar refractivity (Wildman–Crippen MR) is 88.5 cm³/mol. The highest BCUT2D eigenvalue weighted by Gasteiger charge is 2.23. The van der Waals surface area contributed by atoms with E-state index in [1.807, 2.05) is 12.1 Å². The van der Waals surface area contributed by atoms with Crippen molar-refractivity contribution >= 4 is 15.9 Å². The van der Waals surface area contributed by atoms with Crippen molar-refractivity contribution in [1.29, 1.82) is 0 Å². The van der Waals surface area contributed by atoms with Gasteiger partial charge in [-0.2, -0.15) is 0 Å². The van der Waals surface area contributed by atoms with Crippen LogP contribution in [0.4, 0.5) is 0 Å². The first-order chi connectivity index (χ1) is 9.86. The van der Waals surface area contributed by atoms with Crippen LogP contribution in [0.2, 0.25) is 0 Å². The second-order valence-corrected chi connectivity index (χ2v) is 8.51. The molecule has 22 heavy (non-hydrogen) atoms. The number of benzene rings is 1. The Bertz CT molecular complexity index is 648. The van der Waals surface area contributed by atoms with Crippen molar-refractivity contribution in [1.82, 2.24) is 9.62 Å². The van der Waals surface area contributed by atoms with Crippen LogP contribution < -0.4 is 4.72 Å². The summed E-state index contributed by atoms with van der Waals surface area (Å²) in [6, 6.07) is 3.80. The molecule has 0 aliphatic carbocycles. The quantitative estimate of drug-likeness (QED) is 0.920. The number of likely N-dealkylation sites (N-methyl/N-ethyl adjacent to an activating group) is 1. The lowest BCUT2D eigenvalue weighted by Crippen LogP contribution is -2.36. The summed E-state index contributed by atoms with van der Waals surface area (Å²) >= 11 is 0. The molecular formula is C16H26N2O3S. The summed E-state index contributed by atoms with van der Waals surface area (Å²) in [6.45, 7) is 9.58. The fourth-order valence-electron chi connectivity index (χ4n) is 2.19. The molecule has 1 aromatic carbocycles. The average molecular weight is 326 g/mol. The van der Waals surface area contributed by atoms with E-state index < -0.39 is 10.0 Å². The van der Waals surface area contributed by atoms with Crippen molar-refractivity contribution in [2.75, 3.05) is 20.6 Å². The monoisotopic (exact) mass is 326 g/mol. The molecule has 0 aliphatic heterocycles. The number of carbonyl (C=O) groups excluding carboxylic acids is 1. The van der Waals surface area contributed by atoms with Gasteiger partial charge in [-0.25, -0.2) is 13.1 Å². The van der Waals surface area contributed by atoms with Gasteiger partial charge in [0.05, 0.1) is 11.4 Å². The first-order valence-electron chi connectivity index (χ1n) is 7.18. The molecule has 1 rings (SSSR count). The Morgan fingerprint density at radius 2 is 1.59 bits per heavy atom. The van der Waals surface area contributed by atoms with Gasteiger partial charge in [0, 0.05) is 14.1 Å². The molecule has 6 heteroatoms. The van der Waals surface area contributed by atoms with Gasteiger partial charge >= 0.3 is 0 Å². The number of hydrogen-bond acceptors (Lipinski definition) is 3. The first kappa shape index (κ1) is 18.6. The fourth-order valence-corrected chi connectivity index (χ4v) is 3.62. The predicted octanol–water partition coefficient (Wildman–Crippen LogP) is 1.97. The van der Waals surface area contributed by atoms with Crippen LogP contribution in [0.1, 0.15) is 37.5 Å². The van der Waals surface area contributed by atoms with Crippen LogP contribution in [0.15, 0.2) is 17.0 Å². The van der Waals surface area contributed by atoms with Crippen molar-refractivity contribution in [2.45, 2.75) is 44.9 Å². The van der Waals surface area contributed by atoms with Gasteiger partial charge in [-0.15, -0.1) is 0 Å². The summed E-state index contributed by atoms with van der Waals surface area (Å²) in [5.41, 5.74) is 2.42. The maximum Gasteiger partial charge on any atom is 0.241 e. The van der Waals surface area contributed by atoms with E-state index in [9.17, 15) is 13.2 Å². The SMILES string of the molecule is Cc1cc(C(C)(C)C)cc(C)c1S(=O)(=O)NCC(=O)N(C)C. The number of nitrogens with zero attached hydrogens (tertiary/aromatic N) is 1. The topological polar surface area (TPSA) is 66.5 Å². The van der Waals surface area contributed by atoms with Crippen LogP contribution in [-0.2, 0) is 20.2 Å². The Morgan fingerprint density at radius 3 is 1.95 bits per heavy atom. The molecule has 1 N–H and O–H groups in total. The molecule has 0 radical (unpaired) electrons. The zero-order valence-corrected chi connectivity index (χ0v) is 15.3. The van der Waals surface area contributed by atoms with E-state index in [0.717, 1.165) is 5.56 Å². The van der Waals surface area contributed by atoms with Gasteiger partial charge in [0.1, 0.15) is 0 Å². The molecule has 5 nitrogen and oxygen atoms in total. The third kappa shape index (κ3) is 4.30. The van der Waals surface area contributed by atoms with E-state index >= 15 is 0 Å². The molecule has 0 aliphatic rings. The molecule has 0 bridgehead atoms. The van der Waals surface area contributed by atoms with Crippen LogP contribution >= 0.6 is 0 Å². The van der Waals surface area contributed by atoms with Gasteiger partial charge in [-0.1, -0.05) is 32.9 Å². The Morgan fingerprint density at radius 1 is 1.14 bits per heavy atom. The van der Waals surface area contributed by atoms with E-state index in [2.05, 4.69) is 25.5 Å². The van der Waals surface area contributed by atoms with Gasteiger partial charge in [-0.3, -0.25) is 4.79 Å². The van der Waals surface area contributed by atoms with Crippen molar-refractivity contribution < 1.29 is 13.2 Å². The van der Waals surface area contributed by atoms with Crippen molar-refractivity contribution in [3.05, 3.63) is 28.8 Å². The molecule has 0 saturated heterocycles. The Balaban J connectivity index is 3.19. The fraction of sp³-hybridized carbons (Fsp3) is 0.562. The third-order valence-corrected chi connectivity index (χ3v) is 5.21. The first-order valence-corrected chi connectivity index (χ1v) is 8.66. The van der Waals surface area contributed by atoms with Crippen LogP contribution in [-0.4, -0.2) is 39.9 Å². The summed E-state index contributed by atoms with van der Waals surface area (Å²) in [4.78, 5) is 13.2. The number of sulfonamides is 1. The second kappa shape index (κ2) is 6.38. The summed E-state index contributed by atoms with van der Waals surface area (Å²) in [5, 5.41) is 0. The molecule has 0 aromatic heterocycles. The molecule has 1 amide bonds. The van der Waals surface area contributed by atoms with Gasteiger partial charge in [-0.05, 0) is 36.0 Å². The third-order valence-electron chi connectivity index (χ3n) is 3.51. The van der Waals surface area contributed by atoms with E-state index in [4.69, 9.17) is 0 Å². The highest BCUT2D eigenvalue weighted by atomic mass is 32.2. The molecule has 0 unspecified atom stereocenters. The smallest absolute Gasteiger partial charge is 0.241 e. The van der Waals surface area contributed by atoms with Gasteiger partial charge < -0.3 is 4.90 Å². The van der Waals surface area contributed by atoms with Crippen LogP contribution in [0.25, 0.3) is 0 Å². The van der Waals surface area contributed by atoms with Crippen LogP contribution in [0.5, 0.6) is 0 Å². The lowest BCUT2D eigenvalue weighted by molar-refractivity contribution is -0.127. The van der Waals surface area contributed by atoms with E-state index in [1.54, 1.807) is 27.9 Å². The molecule has 124 valence electrons. The zero-order chi connectivity index (χ0) is 17.3. The van der Waals surface area contributed by atoms with Crippen molar-refractivity contribution in [3.8, 4) is 0 Å². The maximum atomic E-state index is 12.5. The van der Waals surface area contributed by atoms with E-state index in [-0.39, 0.29) is 22.8 Å². The normalized spacial score (nSPS) is 12.3. The minimum atomic E-state index is -3.71. The number of amides is 1. The molecular weight excluding hydrogens is 300 g/mol. The minimum absolute atomic E-state index is 0.0495. The van der Waals surface area contributed by atoms with E-state index in [0.29, 0.717) is 11.1 Å². The molecule has 0 spiro atoms. The molecule has 0 fully saturated rings. The second-order valence-electron chi connectivity index (χ2n) is 6.80. The number of aryl methyl sites for hydroxylation is 2. The maximum absolute atomic E-state index is 12.5. The number of nitrogens with one attached hydrogen (secondary N) is 1. The summed E-state index contributed by atoms with van der Waals surface area (Å²) in [6.07, 6.45) is 0. The van der Waals surface area contributed by atoms with Crippen molar-refractivity contribution in [2.24, 2.45) is 0 Å². The van der Waals surface area contributed by atoms with Crippen LogP contribution in [0.3, 0.4) is 0 Å². The molecule has 0 heterocycles. The summed E-state index contributed by atoms with van der Waals surface area (Å²) < 4.78 is 27.3. The van der Waals surface area contributed by atoms with E-state index in [1.165, 1.54) is 4.90 Å². The highest BCUT2D eigenvalue weighted by molar-refractivity contribution is 7.89. The Labute approximate surface area is 133 Å². The lowest BCUT2D eigenvalue weighted by Gasteiger charge is -2.22. The van der Waals surface area contributed by atoms with Gasteiger partial charge in [0.15, 0.2) is 0 Å². The molecule has 0 saturated carbocycles. The number of hydrogen-bond donors (Lipinski definition) is 1. The summed E-state index contributed by atoms with van der Waals surface area (Å²) in [5.74, 6) is -0.287. The van der Waals surface area contributed by atoms with Crippen LogP contribution in [0, 0.1) is 13.8 Å². The Hall–Kier alpha value is -1.40. The minimum Gasteiger partial charge on any atom is -0.348 e. The summed E-state index contributed by atoms with van der Waals surface area (Å²) in [7, 11) is -0.533. The van der Waals surface area contributed by atoms with Gasteiger partial charge in [0.2, 0.25) is 15.9 Å². The number of carbonyl (C=O) groups is 1. The van der Waals surface area contributed by atoms with Crippen molar-refractivity contribution in [3.63, 3.8) is 0 Å². The molecule has 0 atom stereocenters. The Kier molecular flexibility index (Phi) is 5.41. The van der Waals surface area contributed by atoms with Gasteiger partial charge in [0.25, 0.3) is 0 Å². The highest BCUT2D eigenvalue weighted by Crippen LogP contribution is 2.28. The zero-order valence-electron chi connectivity index (χ0n) is 14.4. The lowest BCUT2D eigenvalue weighted by atomic mass is 9.85. The standard InChI is InChI=1S/C16H26N2O3S/c1-11-8-13(16(3,4)5)9-12(2)15(11)22(20,21)17-10-14(19)18(6)7/h8-9,17H,10H2,1-7H3.